The summed E-state index contributed by atoms with van der Waals surface area (Å²) in [6, 6.07) is 5.82. The van der Waals surface area contributed by atoms with E-state index in [2.05, 4.69) is 0 Å². The second-order valence-corrected chi connectivity index (χ2v) is 5.22. The summed E-state index contributed by atoms with van der Waals surface area (Å²) in [6.07, 6.45) is 3.09. The number of hydrogen-bond acceptors (Lipinski definition) is 3. The van der Waals surface area contributed by atoms with Crippen LogP contribution in [0.3, 0.4) is 0 Å². The maximum atomic E-state index is 12.4. The van der Waals surface area contributed by atoms with Crippen molar-refractivity contribution in [2.24, 2.45) is 5.92 Å². The average molecular weight is 246 g/mol. The van der Waals surface area contributed by atoms with Crippen LogP contribution in [0.5, 0.6) is 5.75 Å². The van der Waals surface area contributed by atoms with Gasteiger partial charge in [0.1, 0.15) is 5.75 Å². The molecule has 0 radical (unpaired) electrons. The highest BCUT2D eigenvalue weighted by molar-refractivity contribution is 5.98. The van der Waals surface area contributed by atoms with Crippen molar-refractivity contribution < 1.29 is 14.3 Å². The first-order chi connectivity index (χ1) is 8.74. The van der Waals surface area contributed by atoms with E-state index >= 15 is 0 Å². The lowest BCUT2D eigenvalue weighted by Gasteiger charge is -2.18. The smallest absolute Gasteiger partial charge is 0.168 e. The second-order valence-electron chi connectivity index (χ2n) is 5.22. The van der Waals surface area contributed by atoms with E-state index in [4.69, 9.17) is 9.47 Å². The molecular formula is C15H18O3. The number of carbonyl (C=O) groups excluding carboxylic acids is 1. The van der Waals surface area contributed by atoms with E-state index in [0.29, 0.717) is 6.61 Å². The molecule has 2 aliphatic heterocycles. The summed E-state index contributed by atoms with van der Waals surface area (Å²) in [5.41, 5.74) is 1.97. The normalized spacial score (nSPS) is 26.5. The number of ether oxygens (including phenoxy) is 2. The molecule has 0 aliphatic carbocycles. The molecule has 3 nitrogen and oxygen atoms in total. The summed E-state index contributed by atoms with van der Waals surface area (Å²) < 4.78 is 11.0. The lowest BCUT2D eigenvalue weighted by Crippen LogP contribution is -2.16. The molecule has 2 aliphatic rings. The first kappa shape index (κ1) is 11.7. The van der Waals surface area contributed by atoms with Crippen LogP contribution in [-0.4, -0.2) is 25.1 Å². The van der Waals surface area contributed by atoms with Crippen LogP contribution in [0.15, 0.2) is 18.2 Å². The van der Waals surface area contributed by atoms with E-state index in [-0.39, 0.29) is 17.8 Å². The van der Waals surface area contributed by atoms with Crippen LogP contribution in [0.4, 0.5) is 0 Å². The number of benzene rings is 1. The van der Waals surface area contributed by atoms with E-state index in [0.717, 1.165) is 37.2 Å². The van der Waals surface area contributed by atoms with Crippen molar-refractivity contribution in [3.63, 3.8) is 0 Å². The largest absolute Gasteiger partial charge is 0.493 e. The Hall–Kier alpha value is -1.35. The Morgan fingerprint density at radius 2 is 2.28 bits per heavy atom. The molecule has 0 bridgehead atoms. The molecule has 1 fully saturated rings. The number of rotatable bonds is 2. The number of Topliss-reactive ketones (excluding diaryl/α,β-unsaturated/α-hetero) is 1. The number of aryl methyl sites for hydroxylation is 1. The van der Waals surface area contributed by atoms with Gasteiger partial charge in [-0.25, -0.2) is 0 Å². The fourth-order valence-electron chi connectivity index (χ4n) is 2.75. The summed E-state index contributed by atoms with van der Waals surface area (Å²) in [5.74, 6) is 1.18. The van der Waals surface area contributed by atoms with Gasteiger partial charge >= 0.3 is 0 Å². The van der Waals surface area contributed by atoms with Crippen molar-refractivity contribution in [2.75, 3.05) is 13.2 Å². The molecule has 1 aromatic carbocycles. The molecule has 1 aromatic rings. The van der Waals surface area contributed by atoms with E-state index < -0.39 is 0 Å². The predicted octanol–water partition coefficient (Wildman–Crippen LogP) is 2.62. The Morgan fingerprint density at radius 3 is 3.06 bits per heavy atom. The van der Waals surface area contributed by atoms with Crippen LogP contribution in [0.2, 0.25) is 0 Å². The van der Waals surface area contributed by atoms with Gasteiger partial charge in [-0.2, -0.15) is 0 Å². The number of fused-ring (bicyclic) bond motifs is 1. The van der Waals surface area contributed by atoms with Crippen molar-refractivity contribution >= 4 is 5.78 Å². The van der Waals surface area contributed by atoms with Gasteiger partial charge in [-0.15, -0.1) is 0 Å². The molecule has 2 unspecified atom stereocenters. The highest BCUT2D eigenvalue weighted by atomic mass is 16.5. The molecule has 0 saturated carbocycles. The van der Waals surface area contributed by atoms with Gasteiger partial charge in [0.05, 0.1) is 19.3 Å². The number of hydrogen-bond donors (Lipinski definition) is 0. The molecule has 0 spiro atoms. The first-order valence-electron chi connectivity index (χ1n) is 6.65. The Kier molecular flexibility index (Phi) is 3.08. The lowest BCUT2D eigenvalue weighted by atomic mass is 9.93. The van der Waals surface area contributed by atoms with Crippen LogP contribution in [0, 0.1) is 5.92 Å². The Bertz CT molecular complexity index is 467. The van der Waals surface area contributed by atoms with Crippen molar-refractivity contribution in [1.82, 2.24) is 0 Å². The molecule has 2 heterocycles. The van der Waals surface area contributed by atoms with Gasteiger partial charge in [0, 0.05) is 11.5 Å². The summed E-state index contributed by atoms with van der Waals surface area (Å²) in [6.45, 7) is 3.37. The maximum absolute atomic E-state index is 12.4. The molecule has 0 N–H and O–H groups in total. The van der Waals surface area contributed by atoms with Gasteiger partial charge in [0.25, 0.3) is 0 Å². The van der Waals surface area contributed by atoms with Crippen molar-refractivity contribution in [3.05, 3.63) is 29.3 Å². The van der Waals surface area contributed by atoms with Crippen LogP contribution < -0.4 is 4.74 Å². The third-order valence-corrected chi connectivity index (χ3v) is 3.76. The monoisotopic (exact) mass is 246 g/mol. The van der Waals surface area contributed by atoms with E-state index in [1.54, 1.807) is 0 Å². The predicted molar refractivity (Wildman–Crippen MR) is 68.1 cm³/mol. The summed E-state index contributed by atoms with van der Waals surface area (Å²) >= 11 is 0. The van der Waals surface area contributed by atoms with Gasteiger partial charge < -0.3 is 9.47 Å². The summed E-state index contributed by atoms with van der Waals surface area (Å²) in [4.78, 5) is 12.4. The quantitative estimate of drug-likeness (QED) is 0.752. The highest BCUT2D eigenvalue weighted by Gasteiger charge is 2.29. The van der Waals surface area contributed by atoms with E-state index in [9.17, 15) is 4.79 Å². The van der Waals surface area contributed by atoms with Crippen molar-refractivity contribution in [2.45, 2.75) is 32.3 Å². The standard InChI is InChI=1S/C15H18O3/c1-10-7-13(9-18-10)15(16)12-4-5-14-11(8-12)3-2-6-17-14/h4-5,8,10,13H,2-3,6-7,9H2,1H3. The first-order valence-corrected chi connectivity index (χ1v) is 6.65. The van der Waals surface area contributed by atoms with Crippen LogP contribution in [0.25, 0.3) is 0 Å². The third-order valence-electron chi connectivity index (χ3n) is 3.76. The number of ketones is 1. The summed E-state index contributed by atoms with van der Waals surface area (Å²) in [7, 11) is 0. The van der Waals surface area contributed by atoms with Crippen molar-refractivity contribution in [1.29, 1.82) is 0 Å². The molecule has 0 amide bonds. The Balaban J connectivity index is 1.81. The molecule has 1 saturated heterocycles. The second kappa shape index (κ2) is 4.73. The zero-order valence-electron chi connectivity index (χ0n) is 10.6. The van der Waals surface area contributed by atoms with Gasteiger partial charge in [-0.3, -0.25) is 4.79 Å². The van der Waals surface area contributed by atoms with Gasteiger partial charge in [-0.05, 0) is 49.9 Å². The summed E-state index contributed by atoms with van der Waals surface area (Å²) in [5, 5.41) is 0. The minimum atomic E-state index is 0.0301. The topological polar surface area (TPSA) is 35.5 Å². The fraction of sp³-hybridized carbons (Fsp3) is 0.533. The fourth-order valence-corrected chi connectivity index (χ4v) is 2.75. The minimum absolute atomic E-state index is 0.0301. The zero-order chi connectivity index (χ0) is 12.5. The zero-order valence-corrected chi connectivity index (χ0v) is 10.6. The number of carbonyl (C=O) groups is 1. The molecule has 3 rings (SSSR count). The Labute approximate surface area is 107 Å². The van der Waals surface area contributed by atoms with E-state index in [1.165, 1.54) is 5.56 Å². The molecular weight excluding hydrogens is 228 g/mol. The van der Waals surface area contributed by atoms with Crippen LogP contribution in [0.1, 0.15) is 35.7 Å². The molecule has 3 heteroatoms. The van der Waals surface area contributed by atoms with Gasteiger partial charge in [-0.1, -0.05) is 0 Å². The minimum Gasteiger partial charge on any atom is -0.493 e. The molecule has 2 atom stereocenters. The maximum Gasteiger partial charge on any atom is 0.168 e. The molecule has 0 aromatic heterocycles. The third kappa shape index (κ3) is 2.15. The van der Waals surface area contributed by atoms with Crippen molar-refractivity contribution in [3.8, 4) is 5.75 Å². The van der Waals surface area contributed by atoms with Crippen LogP contribution in [-0.2, 0) is 11.2 Å². The average Bonchev–Trinajstić information content (AvgIpc) is 2.84. The molecule has 18 heavy (non-hydrogen) atoms. The SMILES string of the molecule is CC1CC(C(=O)c2ccc3c(c2)CCCO3)CO1. The lowest BCUT2D eigenvalue weighted by molar-refractivity contribution is 0.0877. The highest BCUT2D eigenvalue weighted by Crippen LogP contribution is 2.28. The van der Waals surface area contributed by atoms with Crippen LogP contribution >= 0.6 is 0 Å². The van der Waals surface area contributed by atoms with Gasteiger partial charge in [0.15, 0.2) is 5.78 Å². The van der Waals surface area contributed by atoms with Gasteiger partial charge in [0.2, 0.25) is 0 Å². The van der Waals surface area contributed by atoms with E-state index in [1.807, 2.05) is 25.1 Å². The molecule has 96 valence electrons. The Morgan fingerprint density at radius 1 is 1.39 bits per heavy atom.